The molecular formula is C21H20N4O2S. The maximum atomic E-state index is 13.4. The minimum atomic E-state index is -0.241. The molecule has 1 fully saturated rings. The zero-order chi connectivity index (χ0) is 19.8. The Bertz CT molecular complexity index is 1170. The summed E-state index contributed by atoms with van der Waals surface area (Å²) in [7, 11) is 1.56. The van der Waals surface area contributed by atoms with Crippen LogP contribution >= 0.6 is 11.8 Å². The van der Waals surface area contributed by atoms with E-state index < -0.39 is 0 Å². The highest BCUT2D eigenvalue weighted by Gasteiger charge is 2.33. The molecule has 1 aromatic heterocycles. The minimum Gasteiger partial charge on any atom is -0.285 e. The van der Waals surface area contributed by atoms with Gasteiger partial charge in [-0.2, -0.15) is 5.10 Å². The highest BCUT2D eigenvalue weighted by Crippen LogP contribution is 2.30. The van der Waals surface area contributed by atoms with Gasteiger partial charge in [0.2, 0.25) is 0 Å². The van der Waals surface area contributed by atoms with Gasteiger partial charge in [0, 0.05) is 24.2 Å². The van der Waals surface area contributed by atoms with Gasteiger partial charge < -0.3 is 0 Å². The van der Waals surface area contributed by atoms with Crippen LogP contribution in [0.2, 0.25) is 0 Å². The van der Waals surface area contributed by atoms with E-state index in [-0.39, 0.29) is 22.4 Å². The molecule has 4 rings (SSSR count). The van der Waals surface area contributed by atoms with Crippen molar-refractivity contribution in [1.82, 2.24) is 14.7 Å². The van der Waals surface area contributed by atoms with E-state index in [0.717, 1.165) is 11.3 Å². The average molecular weight is 392 g/mol. The molecule has 0 N–H and O–H groups in total. The standard InChI is InChI=1S/C21H20N4O2S/c1-13-7-6-8-15(11-13)22-21-25(12-14(2)28-21)20(27)18-16-9-4-5-10-17(16)19(26)24(3)23-18/h4-11,14H,12H2,1-3H3/t14-/m1/s1. The molecule has 1 amide bonds. The molecule has 28 heavy (non-hydrogen) atoms. The summed E-state index contributed by atoms with van der Waals surface area (Å²) < 4.78 is 1.22. The summed E-state index contributed by atoms with van der Waals surface area (Å²) in [6, 6.07) is 15.0. The predicted molar refractivity (Wildman–Crippen MR) is 113 cm³/mol. The van der Waals surface area contributed by atoms with Crippen LogP contribution in [-0.4, -0.2) is 37.5 Å². The lowest BCUT2D eigenvalue weighted by Crippen LogP contribution is -2.35. The van der Waals surface area contributed by atoms with E-state index >= 15 is 0 Å². The number of amidine groups is 1. The fourth-order valence-electron chi connectivity index (χ4n) is 3.27. The van der Waals surface area contributed by atoms with Gasteiger partial charge in [-0.15, -0.1) is 0 Å². The SMILES string of the molecule is Cc1cccc(N=C2S[C@H](C)CN2C(=O)c2nn(C)c(=O)c3ccccc23)c1. The van der Waals surface area contributed by atoms with Crippen LogP contribution in [0.3, 0.4) is 0 Å². The minimum absolute atomic E-state index is 0.218. The quantitative estimate of drug-likeness (QED) is 0.669. The molecule has 142 valence electrons. The van der Waals surface area contributed by atoms with Gasteiger partial charge >= 0.3 is 0 Å². The van der Waals surface area contributed by atoms with Crippen LogP contribution in [-0.2, 0) is 7.05 Å². The van der Waals surface area contributed by atoms with Gasteiger partial charge in [0.1, 0.15) is 0 Å². The van der Waals surface area contributed by atoms with Gasteiger partial charge in [-0.3, -0.25) is 14.5 Å². The van der Waals surface area contributed by atoms with Crippen LogP contribution in [0.15, 0.2) is 58.3 Å². The first-order valence-electron chi connectivity index (χ1n) is 9.04. The molecule has 0 aliphatic carbocycles. The highest BCUT2D eigenvalue weighted by atomic mass is 32.2. The van der Waals surface area contributed by atoms with E-state index in [1.807, 2.05) is 37.3 Å². The number of amides is 1. The first-order chi connectivity index (χ1) is 13.4. The number of thioether (sulfide) groups is 1. The zero-order valence-corrected chi connectivity index (χ0v) is 16.7. The lowest BCUT2D eigenvalue weighted by Gasteiger charge is -2.17. The maximum Gasteiger partial charge on any atom is 0.280 e. The normalized spacial score (nSPS) is 18.2. The van der Waals surface area contributed by atoms with Crippen molar-refractivity contribution in [2.75, 3.05) is 6.54 Å². The number of fused-ring (bicyclic) bond motifs is 1. The van der Waals surface area contributed by atoms with Crippen LogP contribution in [0.25, 0.3) is 10.8 Å². The Hall–Kier alpha value is -2.93. The molecule has 3 aromatic rings. The Morgan fingerprint density at radius 1 is 1.18 bits per heavy atom. The third kappa shape index (κ3) is 3.33. The van der Waals surface area contributed by atoms with Crippen molar-refractivity contribution in [1.29, 1.82) is 0 Å². The van der Waals surface area contributed by atoms with Crippen molar-refractivity contribution in [2.24, 2.45) is 12.0 Å². The fourth-order valence-corrected chi connectivity index (χ4v) is 4.29. The van der Waals surface area contributed by atoms with Crippen molar-refractivity contribution >= 4 is 39.3 Å². The number of aliphatic imine (C=N–C) groups is 1. The molecule has 0 spiro atoms. The monoisotopic (exact) mass is 392 g/mol. The number of nitrogens with zero attached hydrogens (tertiary/aromatic N) is 4. The first-order valence-corrected chi connectivity index (χ1v) is 9.92. The van der Waals surface area contributed by atoms with Gasteiger partial charge in [-0.05, 0) is 30.7 Å². The Labute approximate surface area is 166 Å². The van der Waals surface area contributed by atoms with Gasteiger partial charge in [-0.25, -0.2) is 9.67 Å². The largest absolute Gasteiger partial charge is 0.285 e. The van der Waals surface area contributed by atoms with Gasteiger partial charge in [0.15, 0.2) is 10.9 Å². The molecule has 1 atom stereocenters. The third-order valence-electron chi connectivity index (χ3n) is 4.61. The van der Waals surface area contributed by atoms with Crippen molar-refractivity contribution in [3.63, 3.8) is 0 Å². The molecule has 2 aromatic carbocycles. The number of carbonyl (C=O) groups is 1. The molecule has 0 bridgehead atoms. The number of carbonyl (C=O) groups excluding carboxylic acids is 1. The summed E-state index contributed by atoms with van der Waals surface area (Å²) in [4.78, 5) is 32.1. The lowest BCUT2D eigenvalue weighted by atomic mass is 10.1. The molecule has 7 heteroatoms. The van der Waals surface area contributed by atoms with Crippen LogP contribution in [0, 0.1) is 6.92 Å². The maximum absolute atomic E-state index is 13.4. The second-order valence-corrected chi connectivity index (χ2v) is 8.31. The summed E-state index contributed by atoms with van der Waals surface area (Å²) in [5, 5.41) is 6.21. The second-order valence-electron chi connectivity index (χ2n) is 6.90. The van der Waals surface area contributed by atoms with Crippen LogP contribution in [0.1, 0.15) is 23.0 Å². The fraction of sp³-hybridized carbons (Fsp3) is 0.238. The van der Waals surface area contributed by atoms with Gasteiger partial charge in [0.05, 0.1) is 11.1 Å². The van der Waals surface area contributed by atoms with E-state index in [2.05, 4.69) is 12.0 Å². The summed E-state index contributed by atoms with van der Waals surface area (Å²) in [6.07, 6.45) is 0. The number of aryl methyl sites for hydroxylation is 2. The molecule has 2 heterocycles. The molecule has 0 saturated carbocycles. The zero-order valence-electron chi connectivity index (χ0n) is 15.9. The summed E-state index contributed by atoms with van der Waals surface area (Å²) in [5.74, 6) is -0.241. The Morgan fingerprint density at radius 3 is 2.68 bits per heavy atom. The number of rotatable bonds is 2. The molecule has 1 aliphatic heterocycles. The van der Waals surface area contributed by atoms with E-state index in [0.29, 0.717) is 22.5 Å². The van der Waals surface area contributed by atoms with Crippen LogP contribution in [0.4, 0.5) is 5.69 Å². The van der Waals surface area contributed by atoms with Crippen molar-refractivity contribution in [2.45, 2.75) is 19.1 Å². The molecule has 1 saturated heterocycles. The Morgan fingerprint density at radius 2 is 1.93 bits per heavy atom. The molecular weight excluding hydrogens is 372 g/mol. The number of hydrogen-bond donors (Lipinski definition) is 0. The first kappa shape index (κ1) is 18.4. The molecule has 0 radical (unpaired) electrons. The van der Waals surface area contributed by atoms with Crippen LogP contribution in [0.5, 0.6) is 0 Å². The van der Waals surface area contributed by atoms with Gasteiger partial charge in [-0.1, -0.05) is 49.0 Å². The summed E-state index contributed by atoms with van der Waals surface area (Å²) in [5.41, 5.74) is 1.98. The number of benzene rings is 2. The molecule has 0 unspecified atom stereocenters. The lowest BCUT2D eigenvalue weighted by molar-refractivity contribution is 0.0849. The Balaban J connectivity index is 1.80. The third-order valence-corrected chi connectivity index (χ3v) is 5.68. The van der Waals surface area contributed by atoms with E-state index in [9.17, 15) is 9.59 Å². The van der Waals surface area contributed by atoms with Crippen molar-refractivity contribution in [3.05, 3.63) is 70.1 Å². The van der Waals surface area contributed by atoms with E-state index in [1.165, 1.54) is 4.68 Å². The topological polar surface area (TPSA) is 67.6 Å². The predicted octanol–water partition coefficient (Wildman–Crippen LogP) is 3.51. The van der Waals surface area contributed by atoms with Crippen LogP contribution < -0.4 is 5.56 Å². The highest BCUT2D eigenvalue weighted by molar-refractivity contribution is 8.14. The van der Waals surface area contributed by atoms with Crippen molar-refractivity contribution < 1.29 is 4.79 Å². The van der Waals surface area contributed by atoms with Crippen molar-refractivity contribution in [3.8, 4) is 0 Å². The Kier molecular flexibility index (Phi) is 4.77. The molecule has 6 nitrogen and oxygen atoms in total. The van der Waals surface area contributed by atoms with E-state index in [1.54, 1.807) is 41.9 Å². The molecule has 1 aliphatic rings. The van der Waals surface area contributed by atoms with Gasteiger partial charge in [0.25, 0.3) is 11.5 Å². The number of aromatic nitrogens is 2. The number of hydrogen-bond acceptors (Lipinski definition) is 5. The smallest absolute Gasteiger partial charge is 0.280 e. The second kappa shape index (κ2) is 7.24. The summed E-state index contributed by atoms with van der Waals surface area (Å²) >= 11 is 1.57. The van der Waals surface area contributed by atoms with E-state index in [4.69, 9.17) is 4.99 Å². The average Bonchev–Trinajstić information content (AvgIpc) is 3.04. The summed E-state index contributed by atoms with van der Waals surface area (Å²) in [6.45, 7) is 4.63.